The minimum absolute atomic E-state index is 0.0166. The molecule has 0 fully saturated rings. The lowest BCUT2D eigenvalue weighted by Gasteiger charge is -2.24. The van der Waals surface area contributed by atoms with E-state index in [2.05, 4.69) is 20.9 Å². The van der Waals surface area contributed by atoms with Gasteiger partial charge in [-0.15, -0.1) is 0 Å². The Hall–Kier alpha value is -3.73. The molecule has 10 heteroatoms. The van der Waals surface area contributed by atoms with Gasteiger partial charge in [0.2, 0.25) is 0 Å². The van der Waals surface area contributed by atoms with E-state index >= 15 is 0 Å². The summed E-state index contributed by atoms with van der Waals surface area (Å²) in [5.41, 5.74) is 5.00. The molecule has 2 N–H and O–H groups in total. The molecule has 0 spiro atoms. The van der Waals surface area contributed by atoms with Gasteiger partial charge in [-0.3, -0.25) is 19.3 Å². The van der Waals surface area contributed by atoms with Crippen LogP contribution in [-0.2, 0) is 16.6 Å². The van der Waals surface area contributed by atoms with E-state index in [1.165, 1.54) is 25.2 Å². The molecule has 1 aromatic heterocycles. The number of anilines is 1. The van der Waals surface area contributed by atoms with Crippen molar-refractivity contribution in [1.29, 1.82) is 0 Å². The van der Waals surface area contributed by atoms with Gasteiger partial charge in [0, 0.05) is 29.5 Å². The summed E-state index contributed by atoms with van der Waals surface area (Å²) in [6.45, 7) is 2.10. The fraction of sp³-hybridized carbons (Fsp3) is 0.111. The first-order valence-corrected chi connectivity index (χ1v) is 13.4. The first-order chi connectivity index (χ1) is 17.7. The van der Waals surface area contributed by atoms with Crippen LogP contribution in [-0.4, -0.2) is 31.6 Å². The van der Waals surface area contributed by atoms with Crippen molar-refractivity contribution in [2.24, 2.45) is 0 Å². The van der Waals surface area contributed by atoms with Crippen molar-refractivity contribution in [2.45, 2.75) is 18.4 Å². The quantitative estimate of drug-likeness (QED) is 0.215. The number of hydrogen-bond donors (Lipinski definition) is 2. The number of pyridine rings is 1. The molecule has 4 rings (SSSR count). The Morgan fingerprint density at radius 1 is 1.05 bits per heavy atom. The number of halogens is 1. The van der Waals surface area contributed by atoms with Crippen LogP contribution < -0.4 is 14.5 Å². The van der Waals surface area contributed by atoms with E-state index in [4.69, 9.17) is 9.94 Å². The normalized spacial score (nSPS) is 11.1. The minimum Gasteiger partial charge on any atom is -0.489 e. The molecular formula is C27H24BrN3O5S. The largest absolute Gasteiger partial charge is 0.489 e. The summed E-state index contributed by atoms with van der Waals surface area (Å²) in [5.74, 6) is -0.106. The van der Waals surface area contributed by atoms with Crippen LogP contribution in [0.15, 0.2) is 94.6 Å². The summed E-state index contributed by atoms with van der Waals surface area (Å²) < 4.78 is 34.2. The standard InChI is InChI=1S/C27H24BrN3O5S/c1-18-14-22(28)15-25(27(32)30-33)26(18)31(2)37(34,35)24-11-7-21(8-12-24)20-5-9-23(10-6-20)36-17-19-4-3-13-29-16-19/h3-16,33H,17H2,1-2H3,(H,30,32). The molecule has 8 nitrogen and oxygen atoms in total. The Morgan fingerprint density at radius 3 is 2.30 bits per heavy atom. The van der Waals surface area contributed by atoms with Crippen molar-refractivity contribution < 1.29 is 23.2 Å². The minimum atomic E-state index is -4.00. The first kappa shape index (κ1) is 26.3. The highest BCUT2D eigenvalue weighted by molar-refractivity contribution is 9.10. The molecule has 0 radical (unpaired) electrons. The maximum Gasteiger partial charge on any atom is 0.276 e. The van der Waals surface area contributed by atoms with Gasteiger partial charge in [0.25, 0.3) is 15.9 Å². The molecule has 0 aliphatic rings. The van der Waals surface area contributed by atoms with Gasteiger partial charge in [0.1, 0.15) is 12.4 Å². The zero-order valence-electron chi connectivity index (χ0n) is 20.1. The van der Waals surface area contributed by atoms with Crippen LogP contribution in [0, 0.1) is 6.92 Å². The molecule has 1 heterocycles. The lowest BCUT2D eigenvalue weighted by atomic mass is 10.1. The smallest absolute Gasteiger partial charge is 0.276 e. The van der Waals surface area contributed by atoms with Crippen LogP contribution in [0.5, 0.6) is 5.75 Å². The number of hydroxylamine groups is 1. The molecule has 0 atom stereocenters. The van der Waals surface area contributed by atoms with Crippen LogP contribution in [0.3, 0.4) is 0 Å². The maximum absolute atomic E-state index is 13.4. The lowest BCUT2D eigenvalue weighted by Crippen LogP contribution is -2.30. The van der Waals surface area contributed by atoms with Crippen LogP contribution in [0.2, 0.25) is 0 Å². The second-order valence-corrected chi connectivity index (χ2v) is 11.1. The van der Waals surface area contributed by atoms with Crippen LogP contribution in [0.4, 0.5) is 5.69 Å². The summed E-state index contributed by atoms with van der Waals surface area (Å²) in [7, 11) is -2.63. The second-order valence-electron chi connectivity index (χ2n) is 8.23. The topological polar surface area (TPSA) is 109 Å². The predicted molar refractivity (Wildman–Crippen MR) is 144 cm³/mol. The highest BCUT2D eigenvalue weighted by Crippen LogP contribution is 2.33. The van der Waals surface area contributed by atoms with E-state index in [1.54, 1.807) is 43.0 Å². The van der Waals surface area contributed by atoms with Gasteiger partial charge in [-0.2, -0.15) is 0 Å². The molecule has 4 aromatic rings. The average Bonchev–Trinajstić information content (AvgIpc) is 2.91. The number of carbonyl (C=O) groups excluding carboxylic acids is 1. The Balaban J connectivity index is 1.54. The van der Waals surface area contributed by atoms with Gasteiger partial charge in [-0.25, -0.2) is 13.9 Å². The molecular weight excluding hydrogens is 558 g/mol. The van der Waals surface area contributed by atoms with E-state index in [9.17, 15) is 13.2 Å². The zero-order valence-corrected chi connectivity index (χ0v) is 22.5. The van der Waals surface area contributed by atoms with Gasteiger partial charge in [0.05, 0.1) is 16.1 Å². The number of carbonyl (C=O) groups is 1. The summed E-state index contributed by atoms with van der Waals surface area (Å²) >= 11 is 3.30. The van der Waals surface area contributed by atoms with Crippen molar-refractivity contribution in [2.75, 3.05) is 11.4 Å². The number of hydrogen-bond acceptors (Lipinski definition) is 6. The molecule has 0 saturated carbocycles. The molecule has 0 unspecified atom stereocenters. The summed E-state index contributed by atoms with van der Waals surface area (Å²) in [6, 6.07) is 20.9. The SMILES string of the molecule is Cc1cc(Br)cc(C(=O)NO)c1N(C)S(=O)(=O)c1ccc(-c2ccc(OCc3cccnc3)cc2)cc1. The van der Waals surface area contributed by atoms with Crippen molar-refractivity contribution in [3.63, 3.8) is 0 Å². The number of aryl methyl sites for hydroxylation is 1. The maximum atomic E-state index is 13.4. The van der Waals surface area contributed by atoms with Crippen LogP contribution in [0.25, 0.3) is 11.1 Å². The Kier molecular flexibility index (Phi) is 7.91. The zero-order chi connectivity index (χ0) is 26.6. The molecule has 0 saturated heterocycles. The third-order valence-electron chi connectivity index (χ3n) is 5.75. The van der Waals surface area contributed by atoms with Crippen molar-refractivity contribution in [1.82, 2.24) is 10.5 Å². The number of rotatable bonds is 8. The van der Waals surface area contributed by atoms with E-state index < -0.39 is 15.9 Å². The second kappa shape index (κ2) is 11.1. The van der Waals surface area contributed by atoms with E-state index in [-0.39, 0.29) is 16.1 Å². The Labute approximate surface area is 223 Å². The highest BCUT2D eigenvalue weighted by Gasteiger charge is 2.27. The number of nitrogens with one attached hydrogen (secondary N) is 1. The summed E-state index contributed by atoms with van der Waals surface area (Å²) in [6.07, 6.45) is 3.46. The fourth-order valence-electron chi connectivity index (χ4n) is 3.88. The fourth-order valence-corrected chi connectivity index (χ4v) is 5.73. The van der Waals surface area contributed by atoms with Gasteiger partial charge >= 0.3 is 0 Å². The molecule has 37 heavy (non-hydrogen) atoms. The van der Waals surface area contributed by atoms with Crippen molar-refractivity contribution >= 4 is 37.5 Å². The highest BCUT2D eigenvalue weighted by atomic mass is 79.9. The number of benzene rings is 3. The molecule has 0 aliphatic carbocycles. The number of nitrogens with zero attached hydrogens (tertiary/aromatic N) is 2. The lowest BCUT2D eigenvalue weighted by molar-refractivity contribution is 0.0707. The Bertz CT molecular complexity index is 1510. The van der Waals surface area contributed by atoms with Crippen LogP contribution in [0.1, 0.15) is 21.5 Å². The summed E-state index contributed by atoms with van der Waals surface area (Å²) in [4.78, 5) is 16.4. The molecule has 3 aromatic carbocycles. The number of aromatic nitrogens is 1. The third kappa shape index (κ3) is 5.82. The van der Waals surface area contributed by atoms with Gasteiger partial charge in [0.15, 0.2) is 0 Å². The van der Waals surface area contributed by atoms with E-state index in [0.717, 1.165) is 21.0 Å². The van der Waals surface area contributed by atoms with E-state index in [1.807, 2.05) is 36.4 Å². The predicted octanol–water partition coefficient (Wildman–Crippen LogP) is 5.34. The van der Waals surface area contributed by atoms with Gasteiger partial charge < -0.3 is 4.74 Å². The van der Waals surface area contributed by atoms with Gasteiger partial charge in [-0.05, 0) is 66.1 Å². The number of ether oxygens (including phenoxy) is 1. The van der Waals surface area contributed by atoms with Gasteiger partial charge in [-0.1, -0.05) is 46.3 Å². The molecule has 1 amide bonds. The molecule has 190 valence electrons. The number of sulfonamides is 1. The van der Waals surface area contributed by atoms with Crippen LogP contribution >= 0.6 is 15.9 Å². The number of amides is 1. The van der Waals surface area contributed by atoms with Crippen molar-refractivity contribution in [3.05, 3.63) is 106 Å². The van der Waals surface area contributed by atoms with E-state index in [0.29, 0.717) is 22.4 Å². The summed E-state index contributed by atoms with van der Waals surface area (Å²) in [5, 5.41) is 9.14. The third-order valence-corrected chi connectivity index (χ3v) is 7.98. The molecule has 0 aliphatic heterocycles. The van der Waals surface area contributed by atoms with Crippen molar-refractivity contribution in [3.8, 4) is 16.9 Å². The molecule has 0 bridgehead atoms. The average molecular weight is 582 g/mol. The first-order valence-electron chi connectivity index (χ1n) is 11.2. The monoisotopic (exact) mass is 581 g/mol. The Morgan fingerprint density at radius 2 is 1.70 bits per heavy atom.